The van der Waals surface area contributed by atoms with Gasteiger partial charge in [0.05, 0.1) is 0 Å². The number of hydrogen-bond acceptors (Lipinski definition) is 3. The first-order valence-electron chi connectivity index (χ1n) is 8.78. The summed E-state index contributed by atoms with van der Waals surface area (Å²) in [5.74, 6) is -1.05. The smallest absolute Gasteiger partial charge is 0.274 e. The molecule has 0 saturated heterocycles. The van der Waals surface area contributed by atoms with Gasteiger partial charge in [-0.15, -0.1) is 0 Å². The maximum absolute atomic E-state index is 13.1. The summed E-state index contributed by atoms with van der Waals surface area (Å²) >= 11 is 0. The summed E-state index contributed by atoms with van der Waals surface area (Å²) < 4.78 is 14.9. The monoisotopic (exact) mass is 357 g/mol. The van der Waals surface area contributed by atoms with Crippen molar-refractivity contribution in [3.8, 4) is 5.75 Å². The highest BCUT2D eigenvalue weighted by molar-refractivity contribution is 6.05. The predicted molar refractivity (Wildman–Crippen MR) is 92.5 cm³/mol. The minimum absolute atomic E-state index is 0.190. The van der Waals surface area contributed by atoms with E-state index in [1.54, 1.807) is 26.5 Å². The van der Waals surface area contributed by atoms with Gasteiger partial charge in [-0.25, -0.2) is 4.39 Å². The minimum Gasteiger partial charge on any atom is -0.505 e. The third kappa shape index (κ3) is 2.46. The molecule has 1 aromatic carbocycles. The zero-order chi connectivity index (χ0) is 18.4. The molecule has 0 radical (unpaired) electrons. The Morgan fingerprint density at radius 2 is 1.77 bits per heavy atom. The molecule has 0 fully saturated rings. The summed E-state index contributed by atoms with van der Waals surface area (Å²) in [6.45, 7) is 4.41. The summed E-state index contributed by atoms with van der Waals surface area (Å²) in [7, 11) is 0. The van der Waals surface area contributed by atoms with Crippen LogP contribution in [0.15, 0.2) is 24.3 Å². The second kappa shape index (κ2) is 6.16. The molecule has 0 spiro atoms. The molecule has 0 aliphatic carbocycles. The molecule has 2 aliphatic heterocycles. The Balaban J connectivity index is 1.67. The molecular weight excluding hydrogens is 337 g/mol. The quantitative estimate of drug-likeness (QED) is 0.914. The van der Waals surface area contributed by atoms with E-state index in [-0.39, 0.29) is 34.6 Å². The average molecular weight is 357 g/mol. The minimum atomic E-state index is -0.322. The maximum Gasteiger partial charge on any atom is 0.274 e. The Hall–Kier alpha value is -2.83. The number of likely N-dealkylation sites (N-methyl/N-ethyl adjacent to an activating group) is 1. The number of carbonyl (C=O) groups excluding carboxylic acids is 2. The first-order chi connectivity index (χ1) is 12.5. The van der Waals surface area contributed by atoms with Crippen molar-refractivity contribution in [2.75, 3.05) is 19.6 Å². The van der Waals surface area contributed by atoms with Gasteiger partial charge in [0, 0.05) is 44.8 Å². The largest absolute Gasteiger partial charge is 0.505 e. The number of hydrogen-bond donors (Lipinski definition) is 1. The Labute approximate surface area is 150 Å². The van der Waals surface area contributed by atoms with Crippen molar-refractivity contribution in [2.45, 2.75) is 26.4 Å². The molecule has 3 heterocycles. The van der Waals surface area contributed by atoms with Gasteiger partial charge in [-0.3, -0.25) is 9.59 Å². The number of rotatable bonds is 3. The van der Waals surface area contributed by atoms with E-state index in [1.807, 2.05) is 6.92 Å². The molecule has 4 rings (SSSR count). The molecule has 0 atom stereocenters. The zero-order valence-electron chi connectivity index (χ0n) is 14.5. The molecule has 2 aliphatic rings. The fourth-order valence-corrected chi connectivity index (χ4v) is 3.84. The molecule has 0 bridgehead atoms. The normalized spacial score (nSPS) is 16.7. The van der Waals surface area contributed by atoms with Gasteiger partial charge in [0.1, 0.15) is 11.4 Å². The van der Waals surface area contributed by atoms with Crippen LogP contribution in [0.5, 0.6) is 5.75 Å². The van der Waals surface area contributed by atoms with Gasteiger partial charge in [0.15, 0.2) is 11.4 Å². The van der Waals surface area contributed by atoms with Crippen molar-refractivity contribution in [1.82, 2.24) is 14.4 Å². The lowest BCUT2D eigenvalue weighted by Crippen LogP contribution is -2.41. The van der Waals surface area contributed by atoms with Crippen LogP contribution in [-0.2, 0) is 19.5 Å². The molecule has 0 saturated carbocycles. The van der Waals surface area contributed by atoms with E-state index in [1.165, 1.54) is 12.1 Å². The van der Waals surface area contributed by atoms with Crippen LogP contribution in [-0.4, -0.2) is 50.9 Å². The van der Waals surface area contributed by atoms with Crippen molar-refractivity contribution in [3.63, 3.8) is 0 Å². The van der Waals surface area contributed by atoms with Gasteiger partial charge >= 0.3 is 0 Å². The lowest BCUT2D eigenvalue weighted by molar-refractivity contribution is 0.0682. The van der Waals surface area contributed by atoms with Crippen LogP contribution in [0.3, 0.4) is 0 Å². The lowest BCUT2D eigenvalue weighted by Gasteiger charge is -2.30. The Morgan fingerprint density at radius 1 is 1.04 bits per heavy atom. The molecule has 0 unspecified atom stereocenters. The number of carbonyl (C=O) groups is 2. The van der Waals surface area contributed by atoms with Gasteiger partial charge < -0.3 is 19.5 Å². The summed E-state index contributed by atoms with van der Waals surface area (Å²) in [6, 6.07) is 6.01. The molecule has 2 aromatic rings. The number of nitrogens with zero attached hydrogens (tertiary/aromatic N) is 3. The van der Waals surface area contributed by atoms with Gasteiger partial charge in [-0.2, -0.15) is 0 Å². The number of aromatic hydroxyl groups is 1. The molecule has 1 aromatic heterocycles. The molecule has 6 nitrogen and oxygen atoms in total. The van der Waals surface area contributed by atoms with Gasteiger partial charge in [0.2, 0.25) is 0 Å². The third-order valence-electron chi connectivity index (χ3n) is 5.22. The Morgan fingerprint density at radius 3 is 2.46 bits per heavy atom. The van der Waals surface area contributed by atoms with Crippen molar-refractivity contribution < 1.29 is 19.1 Å². The van der Waals surface area contributed by atoms with E-state index in [9.17, 15) is 19.1 Å². The van der Waals surface area contributed by atoms with Crippen molar-refractivity contribution in [1.29, 1.82) is 0 Å². The molecule has 7 heteroatoms. The first kappa shape index (κ1) is 16.6. The van der Waals surface area contributed by atoms with Crippen molar-refractivity contribution in [3.05, 3.63) is 52.6 Å². The zero-order valence-corrected chi connectivity index (χ0v) is 14.5. The summed E-state index contributed by atoms with van der Waals surface area (Å²) in [5.41, 5.74) is 2.03. The van der Waals surface area contributed by atoms with E-state index < -0.39 is 0 Å². The molecule has 1 N–H and O–H groups in total. The van der Waals surface area contributed by atoms with Crippen molar-refractivity contribution in [2.24, 2.45) is 0 Å². The van der Waals surface area contributed by atoms with Gasteiger partial charge in [-0.1, -0.05) is 12.1 Å². The van der Waals surface area contributed by atoms with Crippen LogP contribution < -0.4 is 0 Å². The number of aromatic nitrogens is 1. The van der Waals surface area contributed by atoms with Gasteiger partial charge in [0.25, 0.3) is 11.8 Å². The van der Waals surface area contributed by atoms with Crippen molar-refractivity contribution >= 4 is 11.8 Å². The topological polar surface area (TPSA) is 65.8 Å². The molecule has 136 valence electrons. The van der Waals surface area contributed by atoms with E-state index in [0.29, 0.717) is 39.1 Å². The fraction of sp³-hybridized carbons (Fsp3) is 0.368. The standard InChI is InChI=1S/C19H20FN3O3/c1-2-21-8-7-14-15(18(21)25)17(24)16-19(26)22(9-10-23(14)16)11-12-3-5-13(20)6-4-12/h3-6,24H,2,7-11H2,1H3. The van der Waals surface area contributed by atoms with E-state index >= 15 is 0 Å². The second-order valence-electron chi connectivity index (χ2n) is 6.66. The highest BCUT2D eigenvalue weighted by Gasteiger charge is 2.38. The second-order valence-corrected chi connectivity index (χ2v) is 6.66. The average Bonchev–Trinajstić information content (AvgIpc) is 2.93. The summed E-state index contributed by atoms with van der Waals surface area (Å²) in [4.78, 5) is 28.8. The van der Waals surface area contributed by atoms with Crippen LogP contribution >= 0.6 is 0 Å². The van der Waals surface area contributed by atoms with Crippen LogP contribution in [0.1, 0.15) is 39.0 Å². The van der Waals surface area contributed by atoms with Crippen LogP contribution in [0.25, 0.3) is 0 Å². The number of benzene rings is 1. The molecule has 2 amide bonds. The summed E-state index contributed by atoms with van der Waals surface area (Å²) in [6.07, 6.45) is 0.633. The Bertz CT molecular complexity index is 888. The highest BCUT2D eigenvalue weighted by atomic mass is 19.1. The van der Waals surface area contributed by atoms with Crippen LogP contribution in [0.4, 0.5) is 4.39 Å². The van der Waals surface area contributed by atoms with Crippen LogP contribution in [0, 0.1) is 5.82 Å². The van der Waals surface area contributed by atoms with E-state index in [0.717, 1.165) is 11.3 Å². The maximum atomic E-state index is 13.1. The molecular formula is C19H20FN3O3. The third-order valence-corrected chi connectivity index (χ3v) is 5.22. The molecule has 26 heavy (non-hydrogen) atoms. The number of amides is 2. The first-order valence-corrected chi connectivity index (χ1v) is 8.78. The highest BCUT2D eigenvalue weighted by Crippen LogP contribution is 2.36. The van der Waals surface area contributed by atoms with Crippen LogP contribution in [0.2, 0.25) is 0 Å². The number of halogens is 1. The summed E-state index contributed by atoms with van der Waals surface area (Å²) in [5, 5.41) is 10.6. The fourth-order valence-electron chi connectivity index (χ4n) is 3.84. The van der Waals surface area contributed by atoms with E-state index in [2.05, 4.69) is 0 Å². The van der Waals surface area contributed by atoms with Gasteiger partial charge in [-0.05, 0) is 24.6 Å². The predicted octanol–water partition coefficient (Wildman–Crippen LogP) is 2.01. The lowest BCUT2D eigenvalue weighted by atomic mass is 10.1. The van der Waals surface area contributed by atoms with E-state index in [4.69, 9.17) is 0 Å². The SMILES string of the molecule is CCN1CCc2c(c(O)c3n2CCN(Cc2ccc(F)cc2)C3=O)C1=O. The Kier molecular flexibility index (Phi) is 3.94. The number of fused-ring (bicyclic) bond motifs is 3.